The third-order valence-corrected chi connectivity index (χ3v) is 3.87. The molecule has 2 aromatic rings. The number of hydrogen-bond acceptors (Lipinski definition) is 4. The molecule has 1 heterocycles. The van der Waals surface area contributed by atoms with Gasteiger partial charge in [-0.2, -0.15) is 36.7 Å². The zero-order chi connectivity index (χ0) is 21.4. The van der Waals surface area contributed by atoms with Crippen LogP contribution in [0.15, 0.2) is 12.1 Å². The molecule has 0 bridgehead atoms. The molecule has 28 heavy (non-hydrogen) atoms. The summed E-state index contributed by atoms with van der Waals surface area (Å²) in [5.74, 6) is -0.735. The van der Waals surface area contributed by atoms with Gasteiger partial charge in [0.2, 0.25) is 0 Å². The monoisotopic (exact) mass is 444 g/mol. The molecule has 0 spiro atoms. The summed E-state index contributed by atoms with van der Waals surface area (Å²) in [4.78, 5) is 1.36. The normalized spacial score (nSPS) is 12.4. The van der Waals surface area contributed by atoms with E-state index in [1.807, 2.05) is 0 Å². The standard InChI is InChI=1S/C15H10Cl2F6N5/c1-27(2)6-25-13-11(15(21,22)23)10(5-24)26-28(13)12-8(16)3-7(4-9(12)17)14(18,19)20/h3-4,6,25H,1-2H3. The summed E-state index contributed by atoms with van der Waals surface area (Å²) >= 11 is 11.7. The molecule has 5 nitrogen and oxygen atoms in total. The van der Waals surface area contributed by atoms with Crippen molar-refractivity contribution in [1.29, 1.82) is 5.26 Å². The van der Waals surface area contributed by atoms with Crippen molar-refractivity contribution in [1.82, 2.24) is 14.7 Å². The number of halogens is 8. The van der Waals surface area contributed by atoms with Crippen molar-refractivity contribution in [2.24, 2.45) is 0 Å². The van der Waals surface area contributed by atoms with E-state index >= 15 is 0 Å². The van der Waals surface area contributed by atoms with Crippen molar-refractivity contribution in [3.8, 4) is 11.8 Å². The molecule has 13 heteroatoms. The zero-order valence-electron chi connectivity index (χ0n) is 14.0. The quantitative estimate of drug-likeness (QED) is 0.660. The van der Waals surface area contributed by atoms with Crippen LogP contribution in [-0.4, -0.2) is 28.8 Å². The highest BCUT2D eigenvalue weighted by Gasteiger charge is 2.41. The SMILES string of the molecule is CN(C)[CH]Nc1c(C(F)(F)F)c(C#N)nn1-c1c(Cl)cc(C(F)(F)F)cc1Cl. The van der Waals surface area contributed by atoms with Crippen LogP contribution in [0.3, 0.4) is 0 Å². The van der Waals surface area contributed by atoms with Crippen molar-refractivity contribution in [3.63, 3.8) is 0 Å². The van der Waals surface area contributed by atoms with E-state index in [0.717, 1.165) is 6.67 Å². The molecule has 0 unspecified atom stereocenters. The molecule has 1 radical (unpaired) electrons. The highest BCUT2D eigenvalue weighted by Crippen LogP contribution is 2.42. The molecule has 0 saturated carbocycles. The van der Waals surface area contributed by atoms with Crippen molar-refractivity contribution < 1.29 is 26.3 Å². The van der Waals surface area contributed by atoms with Gasteiger partial charge in [-0.15, -0.1) is 0 Å². The van der Waals surface area contributed by atoms with E-state index < -0.39 is 50.7 Å². The Hall–Kier alpha value is -2.16. The average Bonchev–Trinajstić information content (AvgIpc) is 2.89. The van der Waals surface area contributed by atoms with Crippen LogP contribution >= 0.6 is 23.2 Å². The van der Waals surface area contributed by atoms with Gasteiger partial charge in [-0.1, -0.05) is 23.2 Å². The Bertz CT molecular complexity index is 904. The first-order valence-corrected chi connectivity index (χ1v) is 7.96. The van der Waals surface area contributed by atoms with Crippen molar-refractivity contribution in [3.05, 3.63) is 45.7 Å². The van der Waals surface area contributed by atoms with Gasteiger partial charge in [0.25, 0.3) is 0 Å². The predicted molar refractivity (Wildman–Crippen MR) is 89.9 cm³/mol. The number of nitriles is 1. The largest absolute Gasteiger partial charge is 0.422 e. The molecule has 0 aliphatic carbocycles. The first-order chi connectivity index (χ1) is 12.8. The number of anilines is 1. The van der Waals surface area contributed by atoms with Gasteiger partial charge in [0.1, 0.15) is 29.8 Å². The van der Waals surface area contributed by atoms with Crippen LogP contribution in [0.1, 0.15) is 16.8 Å². The van der Waals surface area contributed by atoms with E-state index in [1.54, 1.807) is 0 Å². The number of alkyl halides is 6. The predicted octanol–water partition coefficient (Wildman–Crippen LogP) is 5.18. The summed E-state index contributed by atoms with van der Waals surface area (Å²) in [5, 5.41) is 13.7. The second kappa shape index (κ2) is 7.69. The molecule has 2 rings (SSSR count). The Kier molecular flexibility index (Phi) is 6.08. The highest BCUT2D eigenvalue weighted by atomic mass is 35.5. The molecule has 0 fully saturated rings. The van der Waals surface area contributed by atoms with Gasteiger partial charge in [0, 0.05) is 0 Å². The minimum atomic E-state index is -4.99. The minimum absolute atomic E-state index is 0.446. The van der Waals surface area contributed by atoms with Crippen LogP contribution in [-0.2, 0) is 12.4 Å². The third-order valence-electron chi connectivity index (χ3n) is 3.29. The second-order valence-corrected chi connectivity index (χ2v) is 6.43. The fraction of sp³-hybridized carbons (Fsp3) is 0.267. The van der Waals surface area contributed by atoms with E-state index in [0.29, 0.717) is 16.8 Å². The molecule has 1 N–H and O–H groups in total. The fourth-order valence-electron chi connectivity index (χ4n) is 2.18. The molecule has 0 atom stereocenters. The third kappa shape index (κ3) is 4.45. The Morgan fingerprint density at radius 1 is 1.11 bits per heavy atom. The van der Waals surface area contributed by atoms with Gasteiger partial charge in [-0.05, 0) is 26.2 Å². The maximum Gasteiger partial charge on any atom is 0.422 e. The lowest BCUT2D eigenvalue weighted by molar-refractivity contribution is -0.138. The van der Waals surface area contributed by atoms with Crippen molar-refractivity contribution in [2.45, 2.75) is 12.4 Å². The van der Waals surface area contributed by atoms with Crippen molar-refractivity contribution in [2.75, 3.05) is 19.4 Å². The maximum atomic E-state index is 13.5. The van der Waals surface area contributed by atoms with Crippen LogP contribution in [0.2, 0.25) is 10.0 Å². The molecule has 1 aromatic heterocycles. The Morgan fingerprint density at radius 2 is 1.64 bits per heavy atom. The lowest BCUT2D eigenvalue weighted by Gasteiger charge is -2.18. The maximum absolute atomic E-state index is 13.5. The average molecular weight is 445 g/mol. The van der Waals surface area contributed by atoms with Crippen LogP contribution in [0.4, 0.5) is 32.2 Å². The molecule has 0 aliphatic rings. The Labute approximate surface area is 165 Å². The molecular formula is C15H10Cl2F6N5. The Balaban J connectivity index is 2.79. The summed E-state index contributed by atoms with van der Waals surface area (Å²) < 4.78 is 79.7. The zero-order valence-corrected chi connectivity index (χ0v) is 15.6. The number of nitrogens with zero attached hydrogens (tertiary/aromatic N) is 4. The number of aromatic nitrogens is 2. The van der Waals surface area contributed by atoms with E-state index in [2.05, 4.69) is 10.4 Å². The van der Waals surface area contributed by atoms with Crippen molar-refractivity contribution >= 4 is 29.0 Å². The summed E-state index contributed by atoms with van der Waals surface area (Å²) in [6, 6.07) is 2.32. The number of benzene rings is 1. The molecule has 0 amide bonds. The molecule has 0 aliphatic heterocycles. The molecular weight excluding hydrogens is 435 g/mol. The number of hydrogen-bond donors (Lipinski definition) is 1. The fourth-order valence-corrected chi connectivity index (χ4v) is 2.83. The molecule has 1 aromatic carbocycles. The first kappa shape index (κ1) is 22.1. The smallest absolute Gasteiger partial charge is 0.351 e. The number of rotatable bonds is 4. The summed E-state index contributed by atoms with van der Waals surface area (Å²) in [7, 11) is 3.01. The van der Waals surface area contributed by atoms with Gasteiger partial charge in [-0.25, -0.2) is 4.68 Å². The van der Waals surface area contributed by atoms with E-state index in [1.165, 1.54) is 25.1 Å². The molecule has 0 saturated heterocycles. The van der Waals surface area contributed by atoms with Crippen LogP contribution in [0, 0.1) is 18.0 Å². The highest BCUT2D eigenvalue weighted by molar-refractivity contribution is 6.38. The van der Waals surface area contributed by atoms with Gasteiger partial charge in [0.05, 0.1) is 15.6 Å². The summed E-state index contributed by atoms with van der Waals surface area (Å²) in [6.45, 7) is 1.12. The van der Waals surface area contributed by atoms with Gasteiger partial charge in [-0.3, -0.25) is 4.90 Å². The van der Waals surface area contributed by atoms with E-state index in [4.69, 9.17) is 28.5 Å². The topological polar surface area (TPSA) is 56.9 Å². The lowest BCUT2D eigenvalue weighted by Crippen LogP contribution is -2.19. The lowest BCUT2D eigenvalue weighted by atomic mass is 10.2. The van der Waals surface area contributed by atoms with Gasteiger partial charge >= 0.3 is 12.4 Å². The first-order valence-electron chi connectivity index (χ1n) is 7.20. The molecule has 151 valence electrons. The van der Waals surface area contributed by atoms with Gasteiger partial charge in [0.15, 0.2) is 5.69 Å². The second-order valence-electron chi connectivity index (χ2n) is 5.62. The minimum Gasteiger partial charge on any atom is -0.351 e. The van der Waals surface area contributed by atoms with Gasteiger partial charge < -0.3 is 5.32 Å². The van der Waals surface area contributed by atoms with Crippen LogP contribution in [0.25, 0.3) is 5.69 Å². The van der Waals surface area contributed by atoms with E-state index in [-0.39, 0.29) is 0 Å². The number of nitrogens with one attached hydrogen (secondary N) is 1. The Morgan fingerprint density at radius 3 is 2.04 bits per heavy atom. The van der Waals surface area contributed by atoms with Crippen LogP contribution < -0.4 is 5.32 Å². The summed E-state index contributed by atoms with van der Waals surface area (Å²) in [5.41, 5.74) is -4.06. The van der Waals surface area contributed by atoms with Crippen LogP contribution in [0.5, 0.6) is 0 Å². The summed E-state index contributed by atoms with van der Waals surface area (Å²) in [6.07, 6.45) is -9.76. The van der Waals surface area contributed by atoms with E-state index in [9.17, 15) is 26.3 Å².